The highest BCUT2D eigenvalue weighted by Crippen LogP contribution is 2.39. The van der Waals surface area contributed by atoms with E-state index in [9.17, 15) is 18.8 Å². The number of fused-ring (bicyclic) bond motifs is 1. The van der Waals surface area contributed by atoms with Gasteiger partial charge in [0.05, 0.1) is 20.8 Å². The number of rotatable bonds is 13. The number of amides is 1. The zero-order valence-corrected chi connectivity index (χ0v) is 28.0. The van der Waals surface area contributed by atoms with Crippen LogP contribution in [0.15, 0.2) is 54.9 Å². The van der Waals surface area contributed by atoms with Crippen molar-refractivity contribution in [2.24, 2.45) is 17.6 Å². The van der Waals surface area contributed by atoms with Gasteiger partial charge in [0.15, 0.2) is 18.2 Å². The van der Waals surface area contributed by atoms with Crippen LogP contribution in [0.4, 0.5) is 4.39 Å². The minimum atomic E-state index is -0.739. The zero-order valence-electron chi connectivity index (χ0n) is 27.2. The average molecular weight is 674 g/mol. The van der Waals surface area contributed by atoms with Crippen LogP contribution in [0.2, 0.25) is 0 Å². The molecule has 1 aliphatic carbocycles. The summed E-state index contributed by atoms with van der Waals surface area (Å²) in [5.74, 6) is -0.0882. The number of Topliss-reactive ketones (excluding diaryl/α,β-unsaturated/α-hetero) is 1. The fourth-order valence-corrected chi connectivity index (χ4v) is 6.63. The molecule has 0 spiro atoms. The molecule has 252 valence electrons. The fraction of sp³-hybridized carbons (Fsp3) is 0.417. The Morgan fingerprint density at radius 1 is 1.00 bits per heavy atom. The topological polar surface area (TPSA) is 128 Å². The van der Waals surface area contributed by atoms with Crippen LogP contribution >= 0.6 is 11.3 Å². The summed E-state index contributed by atoms with van der Waals surface area (Å²) in [5.41, 5.74) is 9.02. The van der Waals surface area contributed by atoms with Gasteiger partial charge in [0.25, 0.3) is 5.91 Å². The number of halogens is 1. The molecule has 2 aliphatic rings. The highest BCUT2D eigenvalue weighted by molar-refractivity contribution is 7.22. The monoisotopic (exact) mass is 673 g/mol. The van der Waals surface area contributed by atoms with Crippen molar-refractivity contribution in [1.29, 1.82) is 0 Å². The van der Waals surface area contributed by atoms with E-state index in [1.54, 1.807) is 29.3 Å². The summed E-state index contributed by atoms with van der Waals surface area (Å²) in [6.07, 6.45) is 6.52. The van der Waals surface area contributed by atoms with Gasteiger partial charge in [-0.25, -0.2) is 4.39 Å². The maximum absolute atomic E-state index is 15.0. The first-order chi connectivity index (χ1) is 23.1. The van der Waals surface area contributed by atoms with Crippen molar-refractivity contribution in [3.63, 3.8) is 0 Å². The Labute approximate surface area is 283 Å². The minimum absolute atomic E-state index is 0.0584. The largest absolute Gasteiger partial charge is 0.454 e. The standard InChI is InChI=1S/C36H40FN5O5S/c1-22(2)34(38)36(45)46-21-33(44)42-13-11-41(12-14-42)20-25-5-7-28(40-19-25)32-18-29-35(48-32)31(9-10-39-29)47-30-8-6-24(17-27(30)37)16-26(43)15-23-3-4-23/h5-10,17-19,22-23,34H,3-4,11-16,20-21,38H2,1-2H3/t34-/m0/s1. The number of carbonyl (C=O) groups is 3. The second kappa shape index (κ2) is 14.9. The number of carbonyl (C=O) groups excluding carboxylic acids is 3. The first-order valence-electron chi connectivity index (χ1n) is 16.4. The summed E-state index contributed by atoms with van der Waals surface area (Å²) in [6, 6.07) is 11.6. The highest BCUT2D eigenvalue weighted by atomic mass is 32.1. The van der Waals surface area contributed by atoms with Gasteiger partial charge in [-0.15, -0.1) is 11.3 Å². The lowest BCUT2D eigenvalue weighted by Gasteiger charge is -2.34. The van der Waals surface area contributed by atoms with Crippen molar-refractivity contribution in [1.82, 2.24) is 19.8 Å². The molecular weight excluding hydrogens is 633 g/mol. The van der Waals surface area contributed by atoms with Crippen LogP contribution in [-0.4, -0.2) is 76.3 Å². The molecule has 1 amide bonds. The van der Waals surface area contributed by atoms with Crippen molar-refractivity contribution >= 4 is 39.2 Å². The van der Waals surface area contributed by atoms with Crippen molar-refractivity contribution in [3.8, 4) is 22.1 Å². The third kappa shape index (κ3) is 8.41. The van der Waals surface area contributed by atoms with Crippen LogP contribution in [-0.2, 0) is 32.1 Å². The van der Waals surface area contributed by atoms with Crippen LogP contribution in [0.25, 0.3) is 20.8 Å². The van der Waals surface area contributed by atoms with Gasteiger partial charge in [-0.05, 0) is 60.1 Å². The number of hydrogen-bond acceptors (Lipinski definition) is 10. The van der Waals surface area contributed by atoms with E-state index >= 15 is 0 Å². The molecule has 0 bridgehead atoms. The first-order valence-corrected chi connectivity index (χ1v) is 17.2. The number of hydrogen-bond donors (Lipinski definition) is 1. The number of ether oxygens (including phenoxy) is 2. The van der Waals surface area contributed by atoms with Gasteiger partial charge in [-0.3, -0.25) is 29.3 Å². The molecule has 1 saturated carbocycles. The Hall–Kier alpha value is -4.26. The summed E-state index contributed by atoms with van der Waals surface area (Å²) in [4.78, 5) is 50.8. The fourth-order valence-electron chi connectivity index (χ4n) is 5.59. The molecule has 4 aromatic rings. The van der Waals surface area contributed by atoms with Gasteiger partial charge in [0, 0.05) is 64.0 Å². The minimum Gasteiger partial charge on any atom is -0.454 e. The number of pyridine rings is 2. The Kier molecular flexibility index (Phi) is 10.4. The van der Waals surface area contributed by atoms with Crippen LogP contribution in [0.3, 0.4) is 0 Å². The first kappa shape index (κ1) is 33.6. The van der Waals surface area contributed by atoms with Crippen molar-refractivity contribution in [3.05, 3.63) is 71.8 Å². The molecule has 6 rings (SSSR count). The molecule has 0 unspecified atom stereocenters. The Bertz CT molecular complexity index is 1780. The number of nitrogens with two attached hydrogens (primary N) is 1. The summed E-state index contributed by atoms with van der Waals surface area (Å²) in [7, 11) is 0. The van der Waals surface area contributed by atoms with Gasteiger partial charge in [-0.2, -0.15) is 0 Å². The number of thiophene rings is 1. The molecule has 3 aromatic heterocycles. The summed E-state index contributed by atoms with van der Waals surface area (Å²) < 4.78 is 26.9. The van der Waals surface area contributed by atoms with Gasteiger partial charge >= 0.3 is 5.97 Å². The third-order valence-electron chi connectivity index (χ3n) is 8.74. The van der Waals surface area contributed by atoms with E-state index in [0.29, 0.717) is 56.4 Å². The lowest BCUT2D eigenvalue weighted by molar-refractivity contribution is -0.154. The predicted octanol–water partition coefficient (Wildman–Crippen LogP) is 5.37. The number of ketones is 1. The zero-order chi connectivity index (χ0) is 33.8. The van der Waals surface area contributed by atoms with E-state index < -0.39 is 17.8 Å². The van der Waals surface area contributed by atoms with Crippen LogP contribution in [0, 0.1) is 17.7 Å². The number of nitrogens with zero attached hydrogens (tertiary/aromatic N) is 4. The molecule has 10 nitrogen and oxygen atoms in total. The van der Waals surface area contributed by atoms with Crippen LogP contribution < -0.4 is 10.5 Å². The average Bonchev–Trinajstić information content (AvgIpc) is 3.78. The quantitative estimate of drug-likeness (QED) is 0.186. The van der Waals surface area contributed by atoms with Gasteiger partial charge < -0.3 is 20.1 Å². The summed E-state index contributed by atoms with van der Waals surface area (Å²) >= 11 is 1.47. The highest BCUT2D eigenvalue weighted by Gasteiger charge is 2.26. The van der Waals surface area contributed by atoms with E-state index in [1.165, 1.54) is 17.4 Å². The molecule has 2 fully saturated rings. The number of benzene rings is 1. The smallest absolute Gasteiger partial charge is 0.323 e. The number of esters is 1. The normalized spacial score (nSPS) is 15.9. The van der Waals surface area contributed by atoms with Crippen molar-refractivity contribution < 1.29 is 28.2 Å². The lowest BCUT2D eigenvalue weighted by atomic mass is 10.0. The summed E-state index contributed by atoms with van der Waals surface area (Å²) in [5, 5.41) is 0. The van der Waals surface area contributed by atoms with E-state index in [4.69, 9.17) is 20.2 Å². The third-order valence-corrected chi connectivity index (χ3v) is 9.90. The number of piperazine rings is 1. The SMILES string of the molecule is CC(C)[C@H](N)C(=O)OCC(=O)N1CCN(Cc2ccc(-c3cc4nccc(Oc5ccc(CC(=O)CC6CC6)cc5F)c4s3)nc2)CC1. The second-order valence-corrected chi connectivity index (χ2v) is 14.0. The molecule has 12 heteroatoms. The predicted molar refractivity (Wildman–Crippen MR) is 181 cm³/mol. The lowest BCUT2D eigenvalue weighted by Crippen LogP contribution is -2.49. The van der Waals surface area contributed by atoms with E-state index in [1.807, 2.05) is 38.2 Å². The summed E-state index contributed by atoms with van der Waals surface area (Å²) in [6.45, 7) is 6.54. The maximum atomic E-state index is 15.0. The molecule has 48 heavy (non-hydrogen) atoms. The van der Waals surface area contributed by atoms with Gasteiger partial charge in [0.1, 0.15) is 17.6 Å². The van der Waals surface area contributed by atoms with Gasteiger partial charge in [0.2, 0.25) is 0 Å². The molecule has 0 radical (unpaired) electrons. The molecule has 1 saturated heterocycles. The van der Waals surface area contributed by atoms with Crippen LogP contribution in [0.5, 0.6) is 11.5 Å². The molecule has 1 aliphatic heterocycles. The van der Waals surface area contributed by atoms with Crippen molar-refractivity contribution in [2.45, 2.75) is 52.1 Å². The Morgan fingerprint density at radius 3 is 2.46 bits per heavy atom. The van der Waals surface area contributed by atoms with E-state index in [-0.39, 0.29) is 36.4 Å². The van der Waals surface area contributed by atoms with E-state index in [2.05, 4.69) is 9.88 Å². The molecule has 1 aromatic carbocycles. The number of aromatic nitrogens is 2. The maximum Gasteiger partial charge on any atom is 0.323 e. The molecule has 2 N–H and O–H groups in total. The molecule has 4 heterocycles. The Morgan fingerprint density at radius 2 is 1.77 bits per heavy atom. The Balaban J connectivity index is 1.03. The van der Waals surface area contributed by atoms with Crippen LogP contribution in [0.1, 0.15) is 44.2 Å². The van der Waals surface area contributed by atoms with E-state index in [0.717, 1.165) is 39.2 Å². The van der Waals surface area contributed by atoms with Gasteiger partial charge in [-0.1, -0.05) is 26.0 Å². The molecular formula is C36H40FN5O5S. The second-order valence-electron chi connectivity index (χ2n) is 13.0. The molecule has 1 atom stereocenters. The van der Waals surface area contributed by atoms with Crippen molar-refractivity contribution in [2.75, 3.05) is 32.8 Å².